The molecule has 2 rings (SSSR count). The summed E-state index contributed by atoms with van der Waals surface area (Å²) in [6.45, 7) is 1.99. The van der Waals surface area contributed by atoms with Gasteiger partial charge in [-0.15, -0.1) is 0 Å². The van der Waals surface area contributed by atoms with Crippen molar-refractivity contribution in [3.05, 3.63) is 34.9 Å². The smallest absolute Gasteiger partial charge is 0.303 e. The average molecular weight is 353 g/mol. The van der Waals surface area contributed by atoms with Crippen LogP contribution in [0.4, 0.5) is 0 Å². The van der Waals surface area contributed by atoms with Crippen LogP contribution in [0, 0.1) is 0 Å². The van der Waals surface area contributed by atoms with Gasteiger partial charge in [-0.25, -0.2) is 0 Å². The summed E-state index contributed by atoms with van der Waals surface area (Å²) < 4.78 is 0. The molecule has 0 aliphatic carbocycles. The van der Waals surface area contributed by atoms with E-state index in [2.05, 4.69) is 0 Å². The molecule has 0 radical (unpaired) electrons. The molecule has 0 unspecified atom stereocenters. The molecule has 0 spiro atoms. The van der Waals surface area contributed by atoms with E-state index in [1.54, 1.807) is 34.1 Å². The highest BCUT2D eigenvalue weighted by Gasteiger charge is 2.24. The van der Waals surface area contributed by atoms with Gasteiger partial charge in [-0.3, -0.25) is 14.4 Å². The van der Waals surface area contributed by atoms with Crippen molar-refractivity contribution in [1.82, 2.24) is 9.80 Å². The Kier molecular flexibility index (Phi) is 6.61. The Bertz CT molecular complexity index is 612. The van der Waals surface area contributed by atoms with Crippen LogP contribution in [-0.4, -0.2) is 58.9 Å². The van der Waals surface area contributed by atoms with Crippen LogP contribution in [0.25, 0.3) is 0 Å². The lowest BCUT2D eigenvalue weighted by Crippen LogP contribution is -2.50. The number of aliphatic carboxylic acids is 1. The van der Waals surface area contributed by atoms with Crippen molar-refractivity contribution >= 4 is 29.4 Å². The van der Waals surface area contributed by atoms with Gasteiger partial charge in [-0.1, -0.05) is 17.7 Å². The SMILES string of the molecule is O=C(O)CCCCC(=O)N1CCN(C(=O)c2cccc(Cl)c2)CC1. The molecule has 0 aromatic heterocycles. The molecule has 0 atom stereocenters. The molecule has 1 heterocycles. The third kappa shape index (κ3) is 5.23. The fraction of sp³-hybridized carbons (Fsp3) is 0.471. The number of carbonyl (C=O) groups excluding carboxylic acids is 2. The summed E-state index contributed by atoms with van der Waals surface area (Å²) in [5.74, 6) is -0.892. The fourth-order valence-electron chi connectivity index (χ4n) is 2.67. The molecule has 1 fully saturated rings. The molecule has 1 aliphatic rings. The zero-order valence-corrected chi connectivity index (χ0v) is 14.2. The minimum atomic E-state index is -0.837. The second kappa shape index (κ2) is 8.68. The van der Waals surface area contributed by atoms with E-state index in [0.717, 1.165) is 0 Å². The quantitative estimate of drug-likeness (QED) is 0.797. The summed E-state index contributed by atoms with van der Waals surface area (Å²) in [6.07, 6.45) is 1.53. The Balaban J connectivity index is 1.77. The van der Waals surface area contributed by atoms with E-state index < -0.39 is 5.97 Å². The number of carbonyl (C=O) groups is 3. The van der Waals surface area contributed by atoms with E-state index >= 15 is 0 Å². The first-order chi connectivity index (χ1) is 11.5. The van der Waals surface area contributed by atoms with Crippen LogP contribution in [0.15, 0.2) is 24.3 Å². The number of piperazine rings is 1. The van der Waals surface area contributed by atoms with Gasteiger partial charge in [0, 0.05) is 49.6 Å². The van der Waals surface area contributed by atoms with E-state index in [0.29, 0.717) is 56.0 Å². The van der Waals surface area contributed by atoms with E-state index in [4.69, 9.17) is 16.7 Å². The van der Waals surface area contributed by atoms with Crippen molar-refractivity contribution in [2.75, 3.05) is 26.2 Å². The number of hydrogen-bond acceptors (Lipinski definition) is 3. The Morgan fingerprint density at radius 1 is 1.00 bits per heavy atom. The maximum atomic E-state index is 12.4. The van der Waals surface area contributed by atoms with Crippen molar-refractivity contribution in [2.45, 2.75) is 25.7 Å². The van der Waals surface area contributed by atoms with Gasteiger partial charge in [0.25, 0.3) is 5.91 Å². The molecule has 2 amide bonds. The van der Waals surface area contributed by atoms with Crippen LogP contribution in [0.3, 0.4) is 0 Å². The van der Waals surface area contributed by atoms with E-state index in [1.165, 1.54) is 0 Å². The van der Waals surface area contributed by atoms with Gasteiger partial charge in [-0.2, -0.15) is 0 Å². The molecule has 0 saturated carbocycles. The maximum Gasteiger partial charge on any atom is 0.303 e. The number of rotatable bonds is 6. The molecular weight excluding hydrogens is 332 g/mol. The van der Waals surface area contributed by atoms with E-state index in [9.17, 15) is 14.4 Å². The van der Waals surface area contributed by atoms with Gasteiger partial charge in [0.1, 0.15) is 0 Å². The molecule has 1 N–H and O–H groups in total. The van der Waals surface area contributed by atoms with Crippen molar-refractivity contribution < 1.29 is 19.5 Å². The van der Waals surface area contributed by atoms with Crippen molar-refractivity contribution in [3.63, 3.8) is 0 Å². The molecule has 1 saturated heterocycles. The Morgan fingerprint density at radius 3 is 2.25 bits per heavy atom. The monoisotopic (exact) mass is 352 g/mol. The van der Waals surface area contributed by atoms with Crippen LogP contribution >= 0.6 is 11.6 Å². The summed E-state index contributed by atoms with van der Waals surface area (Å²) >= 11 is 5.91. The van der Waals surface area contributed by atoms with E-state index in [-0.39, 0.29) is 18.2 Å². The van der Waals surface area contributed by atoms with Gasteiger partial charge in [-0.05, 0) is 31.0 Å². The highest BCUT2D eigenvalue weighted by molar-refractivity contribution is 6.30. The summed E-state index contributed by atoms with van der Waals surface area (Å²) in [5.41, 5.74) is 0.552. The first-order valence-corrected chi connectivity index (χ1v) is 8.39. The molecule has 1 aromatic carbocycles. The van der Waals surface area contributed by atoms with E-state index in [1.807, 2.05) is 0 Å². The number of carboxylic acids is 1. The average Bonchev–Trinajstić information content (AvgIpc) is 2.58. The van der Waals surface area contributed by atoms with Gasteiger partial charge >= 0.3 is 5.97 Å². The predicted molar refractivity (Wildman–Crippen MR) is 90.0 cm³/mol. The standard InChI is InChI=1S/C17H21ClN2O4/c18-14-5-3-4-13(12-14)17(24)20-10-8-19(9-11-20)15(21)6-1-2-7-16(22)23/h3-5,12H,1-2,6-11H2,(H,22,23). The highest BCUT2D eigenvalue weighted by Crippen LogP contribution is 2.15. The lowest BCUT2D eigenvalue weighted by Gasteiger charge is -2.35. The number of amides is 2. The highest BCUT2D eigenvalue weighted by atomic mass is 35.5. The lowest BCUT2D eigenvalue weighted by atomic mass is 10.1. The number of nitrogens with zero attached hydrogens (tertiary/aromatic N) is 2. The topological polar surface area (TPSA) is 77.9 Å². The van der Waals surface area contributed by atoms with Crippen LogP contribution in [-0.2, 0) is 9.59 Å². The largest absolute Gasteiger partial charge is 0.481 e. The fourth-order valence-corrected chi connectivity index (χ4v) is 2.86. The zero-order chi connectivity index (χ0) is 17.5. The van der Waals surface area contributed by atoms with Gasteiger partial charge in [0.15, 0.2) is 0 Å². The van der Waals surface area contributed by atoms with Gasteiger partial charge < -0.3 is 14.9 Å². The second-order valence-corrected chi connectivity index (χ2v) is 6.22. The predicted octanol–water partition coefficient (Wildman–Crippen LogP) is 2.27. The molecular formula is C17H21ClN2O4. The number of benzene rings is 1. The van der Waals surface area contributed by atoms with Crippen LogP contribution in [0.5, 0.6) is 0 Å². The zero-order valence-electron chi connectivity index (χ0n) is 13.4. The molecule has 7 heteroatoms. The third-order valence-electron chi connectivity index (χ3n) is 4.02. The van der Waals surface area contributed by atoms with Crippen molar-refractivity contribution in [2.24, 2.45) is 0 Å². The van der Waals surface area contributed by atoms with Crippen LogP contribution in [0.2, 0.25) is 5.02 Å². The van der Waals surface area contributed by atoms with Crippen LogP contribution < -0.4 is 0 Å². The van der Waals surface area contributed by atoms with Gasteiger partial charge in [0.2, 0.25) is 5.91 Å². The summed E-state index contributed by atoms with van der Waals surface area (Å²) in [5, 5.41) is 9.10. The van der Waals surface area contributed by atoms with Crippen LogP contribution in [0.1, 0.15) is 36.0 Å². The van der Waals surface area contributed by atoms with Gasteiger partial charge in [0.05, 0.1) is 0 Å². The second-order valence-electron chi connectivity index (χ2n) is 5.78. The molecule has 6 nitrogen and oxygen atoms in total. The third-order valence-corrected chi connectivity index (χ3v) is 4.26. The summed E-state index contributed by atoms with van der Waals surface area (Å²) in [4.78, 5) is 38.4. The lowest BCUT2D eigenvalue weighted by molar-refractivity contribution is -0.137. The summed E-state index contributed by atoms with van der Waals surface area (Å²) in [7, 11) is 0. The number of halogens is 1. The summed E-state index contributed by atoms with van der Waals surface area (Å²) in [6, 6.07) is 6.84. The van der Waals surface area contributed by atoms with Crippen molar-refractivity contribution in [3.8, 4) is 0 Å². The Hall–Kier alpha value is -2.08. The Morgan fingerprint density at radius 2 is 1.62 bits per heavy atom. The van der Waals surface area contributed by atoms with Crippen molar-refractivity contribution in [1.29, 1.82) is 0 Å². The molecule has 24 heavy (non-hydrogen) atoms. The number of carboxylic acid groups (broad SMARTS) is 1. The molecule has 1 aromatic rings. The molecule has 1 aliphatic heterocycles. The molecule has 130 valence electrons. The maximum absolute atomic E-state index is 12.4. The number of unbranched alkanes of at least 4 members (excludes halogenated alkanes) is 1. The normalized spacial score (nSPS) is 14.5. The minimum absolute atomic E-state index is 0.0234. The number of hydrogen-bond donors (Lipinski definition) is 1. The molecule has 0 bridgehead atoms. The first-order valence-electron chi connectivity index (χ1n) is 8.02. The Labute approximate surface area is 146 Å². The first kappa shape index (κ1) is 18.3. The minimum Gasteiger partial charge on any atom is -0.481 e.